The van der Waals surface area contributed by atoms with Crippen LogP contribution in [-0.4, -0.2) is 21.0 Å². The first-order chi connectivity index (χ1) is 9.81. The number of rotatable bonds is 2. The number of hydrogen-bond acceptors (Lipinski definition) is 3. The second kappa shape index (κ2) is 4.65. The van der Waals surface area contributed by atoms with Crippen LogP contribution in [0.2, 0.25) is 5.02 Å². The van der Waals surface area contributed by atoms with E-state index in [0.29, 0.717) is 0 Å². The summed E-state index contributed by atoms with van der Waals surface area (Å²) < 4.78 is 7.64. The van der Waals surface area contributed by atoms with Gasteiger partial charge in [0, 0.05) is 13.1 Å². The Morgan fingerprint density at radius 2 is 2.15 bits per heavy atom. The van der Waals surface area contributed by atoms with Crippen molar-refractivity contribution < 1.29 is 4.42 Å². The number of aromatic nitrogens is 2. The first kappa shape index (κ1) is 12.0. The molecule has 1 aliphatic rings. The molecule has 0 radical (unpaired) electrons. The van der Waals surface area contributed by atoms with Gasteiger partial charge in [-0.05, 0) is 24.3 Å². The van der Waals surface area contributed by atoms with Crippen molar-refractivity contribution in [2.45, 2.75) is 19.6 Å². The zero-order valence-electron chi connectivity index (χ0n) is 10.9. The molecule has 0 aliphatic carbocycles. The molecule has 0 unspecified atom stereocenters. The van der Waals surface area contributed by atoms with Gasteiger partial charge in [0.05, 0.1) is 35.4 Å². The number of benzene rings is 1. The summed E-state index contributed by atoms with van der Waals surface area (Å²) in [7, 11) is 0. The van der Waals surface area contributed by atoms with E-state index in [0.717, 1.165) is 53.8 Å². The van der Waals surface area contributed by atoms with E-state index < -0.39 is 0 Å². The zero-order valence-corrected chi connectivity index (χ0v) is 11.7. The van der Waals surface area contributed by atoms with Crippen molar-refractivity contribution in [1.29, 1.82) is 0 Å². The maximum absolute atomic E-state index is 6.30. The maximum Gasteiger partial charge on any atom is 0.124 e. The minimum atomic E-state index is 0.778. The van der Waals surface area contributed by atoms with Crippen molar-refractivity contribution >= 4 is 22.6 Å². The summed E-state index contributed by atoms with van der Waals surface area (Å²) >= 11 is 6.30. The van der Waals surface area contributed by atoms with E-state index in [1.165, 1.54) is 0 Å². The first-order valence-corrected chi connectivity index (χ1v) is 7.07. The Morgan fingerprint density at radius 1 is 1.20 bits per heavy atom. The molecule has 0 spiro atoms. The molecule has 0 saturated heterocycles. The minimum Gasteiger partial charge on any atom is -0.468 e. The smallest absolute Gasteiger partial charge is 0.124 e. The van der Waals surface area contributed by atoms with Crippen LogP contribution in [0.4, 0.5) is 0 Å². The van der Waals surface area contributed by atoms with Gasteiger partial charge in [0.15, 0.2) is 0 Å². The monoisotopic (exact) mass is 287 g/mol. The van der Waals surface area contributed by atoms with E-state index in [9.17, 15) is 0 Å². The van der Waals surface area contributed by atoms with Crippen LogP contribution in [0.5, 0.6) is 0 Å². The molecule has 3 aromatic rings. The molecule has 20 heavy (non-hydrogen) atoms. The first-order valence-electron chi connectivity index (χ1n) is 6.69. The Morgan fingerprint density at radius 3 is 3.00 bits per heavy atom. The lowest BCUT2D eigenvalue weighted by Gasteiger charge is -2.27. The van der Waals surface area contributed by atoms with E-state index in [4.69, 9.17) is 21.0 Å². The predicted molar refractivity (Wildman–Crippen MR) is 77.6 cm³/mol. The van der Waals surface area contributed by atoms with Crippen molar-refractivity contribution in [3.63, 3.8) is 0 Å². The lowest BCUT2D eigenvalue weighted by molar-refractivity contribution is 0.195. The highest BCUT2D eigenvalue weighted by Gasteiger charge is 2.21. The Labute approximate surface area is 121 Å². The van der Waals surface area contributed by atoms with E-state index >= 15 is 0 Å². The van der Waals surface area contributed by atoms with Crippen LogP contribution < -0.4 is 0 Å². The Bertz CT molecular complexity index is 748. The fourth-order valence-electron chi connectivity index (χ4n) is 2.83. The molecule has 1 aromatic carbocycles. The van der Waals surface area contributed by atoms with Gasteiger partial charge in [-0.1, -0.05) is 17.7 Å². The molecule has 0 N–H and O–H groups in total. The Balaban J connectivity index is 1.66. The van der Waals surface area contributed by atoms with E-state index in [1.54, 1.807) is 6.26 Å². The van der Waals surface area contributed by atoms with Crippen molar-refractivity contribution in [1.82, 2.24) is 14.5 Å². The van der Waals surface area contributed by atoms with Crippen LogP contribution in [0.1, 0.15) is 11.6 Å². The Kier molecular flexibility index (Phi) is 2.79. The van der Waals surface area contributed by atoms with Gasteiger partial charge >= 0.3 is 0 Å². The fraction of sp³-hybridized carbons (Fsp3) is 0.267. The summed E-state index contributed by atoms with van der Waals surface area (Å²) in [5.74, 6) is 2.07. The van der Waals surface area contributed by atoms with Crippen molar-refractivity contribution in [3.8, 4) is 0 Å². The van der Waals surface area contributed by atoms with Crippen LogP contribution in [0, 0.1) is 0 Å². The number of fused-ring (bicyclic) bond motifs is 3. The SMILES string of the molecule is Clc1cccc2nc3n(c12)CCN(Cc1ccco1)C3. The molecular weight excluding hydrogens is 274 g/mol. The van der Waals surface area contributed by atoms with Crippen molar-refractivity contribution in [3.05, 3.63) is 53.2 Å². The number of hydrogen-bond donors (Lipinski definition) is 0. The van der Waals surface area contributed by atoms with Crippen LogP contribution in [-0.2, 0) is 19.6 Å². The van der Waals surface area contributed by atoms with Gasteiger partial charge in [0.2, 0.25) is 0 Å². The Hall–Kier alpha value is -1.78. The summed E-state index contributed by atoms with van der Waals surface area (Å²) in [5, 5.41) is 0.778. The molecule has 0 bridgehead atoms. The van der Waals surface area contributed by atoms with Crippen molar-refractivity contribution in [2.24, 2.45) is 0 Å². The highest BCUT2D eigenvalue weighted by atomic mass is 35.5. The van der Waals surface area contributed by atoms with Gasteiger partial charge in [-0.2, -0.15) is 0 Å². The van der Waals surface area contributed by atoms with Gasteiger partial charge in [-0.25, -0.2) is 4.98 Å². The molecule has 1 aliphatic heterocycles. The quantitative estimate of drug-likeness (QED) is 0.725. The molecule has 0 saturated carbocycles. The number of halogens is 1. The summed E-state index contributed by atoms with van der Waals surface area (Å²) in [5.41, 5.74) is 2.04. The summed E-state index contributed by atoms with van der Waals surface area (Å²) in [4.78, 5) is 7.04. The van der Waals surface area contributed by atoms with Gasteiger partial charge in [-0.3, -0.25) is 4.90 Å². The highest BCUT2D eigenvalue weighted by molar-refractivity contribution is 6.35. The molecule has 102 valence electrons. The average molecular weight is 288 g/mol. The molecule has 0 amide bonds. The molecular formula is C15H14ClN3O. The number of nitrogens with zero attached hydrogens (tertiary/aromatic N) is 3. The number of para-hydroxylation sites is 1. The molecule has 4 nitrogen and oxygen atoms in total. The van der Waals surface area contributed by atoms with Gasteiger partial charge in [0.1, 0.15) is 11.6 Å². The van der Waals surface area contributed by atoms with Gasteiger partial charge in [0.25, 0.3) is 0 Å². The normalized spacial score (nSPS) is 15.7. The number of furan rings is 1. The third-order valence-corrected chi connectivity index (χ3v) is 4.07. The second-order valence-electron chi connectivity index (χ2n) is 5.08. The maximum atomic E-state index is 6.30. The highest BCUT2D eigenvalue weighted by Crippen LogP contribution is 2.27. The van der Waals surface area contributed by atoms with Crippen LogP contribution in [0.25, 0.3) is 11.0 Å². The third kappa shape index (κ3) is 1.92. The molecule has 3 heterocycles. The van der Waals surface area contributed by atoms with E-state index in [2.05, 4.69) is 9.47 Å². The average Bonchev–Trinajstić information content (AvgIpc) is 3.05. The standard InChI is InChI=1S/C15H14ClN3O/c16-12-4-1-5-13-15(12)19-7-6-18(10-14(19)17-13)9-11-3-2-8-20-11/h1-5,8H,6-7,9-10H2. The molecule has 2 aromatic heterocycles. The third-order valence-electron chi connectivity index (χ3n) is 3.76. The number of imidazole rings is 1. The predicted octanol–water partition coefficient (Wildman–Crippen LogP) is 3.30. The van der Waals surface area contributed by atoms with Crippen LogP contribution in [0.3, 0.4) is 0 Å². The lowest BCUT2D eigenvalue weighted by Crippen LogP contribution is -2.33. The minimum absolute atomic E-state index is 0.778. The molecule has 4 rings (SSSR count). The van der Waals surface area contributed by atoms with Gasteiger partial charge in [-0.15, -0.1) is 0 Å². The fourth-order valence-corrected chi connectivity index (χ4v) is 3.10. The molecule has 5 heteroatoms. The van der Waals surface area contributed by atoms with E-state index in [-0.39, 0.29) is 0 Å². The summed E-state index contributed by atoms with van der Waals surface area (Å²) in [6.45, 7) is 3.54. The van der Waals surface area contributed by atoms with Crippen LogP contribution in [0.15, 0.2) is 41.0 Å². The largest absolute Gasteiger partial charge is 0.468 e. The lowest BCUT2D eigenvalue weighted by atomic mass is 10.3. The van der Waals surface area contributed by atoms with Gasteiger partial charge < -0.3 is 8.98 Å². The molecule has 0 atom stereocenters. The van der Waals surface area contributed by atoms with Crippen LogP contribution >= 0.6 is 11.6 Å². The zero-order chi connectivity index (χ0) is 13.5. The van der Waals surface area contributed by atoms with E-state index in [1.807, 2.05) is 30.3 Å². The van der Waals surface area contributed by atoms with Crippen molar-refractivity contribution in [2.75, 3.05) is 6.54 Å². The molecule has 0 fully saturated rings. The summed E-state index contributed by atoms with van der Waals surface area (Å²) in [6.07, 6.45) is 1.72. The second-order valence-corrected chi connectivity index (χ2v) is 5.48. The summed E-state index contributed by atoms with van der Waals surface area (Å²) in [6, 6.07) is 9.82. The topological polar surface area (TPSA) is 34.2 Å².